The van der Waals surface area contributed by atoms with Gasteiger partial charge in [-0.05, 0) is 48.4 Å². The molecule has 0 saturated carbocycles. The van der Waals surface area contributed by atoms with Crippen molar-refractivity contribution in [3.05, 3.63) is 52.5 Å². The minimum absolute atomic E-state index is 0.0123. The van der Waals surface area contributed by atoms with Gasteiger partial charge in [-0.2, -0.15) is 0 Å². The molecular formula is C19H21Cl2N3O2. The molecule has 0 aliphatic carbocycles. The maximum absolute atomic E-state index is 12.0. The highest BCUT2D eigenvalue weighted by Gasteiger charge is 2.07. The molecule has 0 atom stereocenters. The zero-order chi connectivity index (χ0) is 19.1. The maximum Gasteiger partial charge on any atom is 0.243 e. The molecule has 0 unspecified atom stereocenters. The van der Waals surface area contributed by atoms with E-state index in [1.807, 2.05) is 13.8 Å². The average molecular weight is 394 g/mol. The highest BCUT2D eigenvalue weighted by Crippen LogP contribution is 2.25. The van der Waals surface area contributed by atoms with Gasteiger partial charge in [-0.15, -0.1) is 0 Å². The Morgan fingerprint density at radius 2 is 1.42 bits per heavy atom. The standard InChI is InChI=1S/C19H21Cl2N3O2/c1-12(2)9-18(25)23-14-5-3-13(4-6-14)22-11-19(26)24-15-7-8-16(20)17(21)10-15/h3-8,10,12,22H,9,11H2,1-2H3,(H,23,25)(H,24,26). The quantitative estimate of drug-likeness (QED) is 0.617. The van der Waals surface area contributed by atoms with E-state index in [1.165, 1.54) is 0 Å². The number of carbonyl (C=O) groups excluding carboxylic acids is 2. The summed E-state index contributed by atoms with van der Waals surface area (Å²) in [5, 5.41) is 9.41. The lowest BCUT2D eigenvalue weighted by Crippen LogP contribution is -2.21. The highest BCUT2D eigenvalue weighted by molar-refractivity contribution is 6.42. The fourth-order valence-corrected chi connectivity index (χ4v) is 2.51. The predicted molar refractivity (Wildman–Crippen MR) is 108 cm³/mol. The van der Waals surface area contributed by atoms with Gasteiger partial charge in [-0.1, -0.05) is 37.0 Å². The summed E-state index contributed by atoms with van der Waals surface area (Å²) in [6.45, 7) is 4.09. The molecule has 0 aromatic heterocycles. The number of nitrogens with one attached hydrogen (secondary N) is 3. The van der Waals surface area contributed by atoms with Crippen molar-refractivity contribution in [3.8, 4) is 0 Å². The molecule has 0 saturated heterocycles. The van der Waals surface area contributed by atoms with Crippen molar-refractivity contribution in [1.29, 1.82) is 0 Å². The van der Waals surface area contributed by atoms with Crippen molar-refractivity contribution in [2.75, 3.05) is 22.5 Å². The molecule has 2 aromatic carbocycles. The number of halogens is 2. The van der Waals surface area contributed by atoms with Crippen LogP contribution in [-0.4, -0.2) is 18.4 Å². The van der Waals surface area contributed by atoms with E-state index in [2.05, 4.69) is 16.0 Å². The maximum atomic E-state index is 12.0. The Balaban J connectivity index is 1.82. The number of amides is 2. The van der Waals surface area contributed by atoms with Crippen molar-refractivity contribution in [3.63, 3.8) is 0 Å². The number of rotatable bonds is 7. The van der Waals surface area contributed by atoms with E-state index in [1.54, 1.807) is 42.5 Å². The summed E-state index contributed by atoms with van der Waals surface area (Å²) in [5.74, 6) is 0.0874. The van der Waals surface area contributed by atoms with Gasteiger partial charge in [0.1, 0.15) is 0 Å². The molecule has 0 radical (unpaired) electrons. The van der Waals surface area contributed by atoms with Gasteiger partial charge in [-0.3, -0.25) is 9.59 Å². The molecule has 2 rings (SSSR count). The van der Waals surface area contributed by atoms with Crippen LogP contribution < -0.4 is 16.0 Å². The highest BCUT2D eigenvalue weighted by atomic mass is 35.5. The van der Waals surface area contributed by atoms with Gasteiger partial charge in [0.05, 0.1) is 16.6 Å². The fraction of sp³-hybridized carbons (Fsp3) is 0.263. The lowest BCUT2D eigenvalue weighted by atomic mass is 10.1. The number of hydrogen-bond acceptors (Lipinski definition) is 3. The van der Waals surface area contributed by atoms with Gasteiger partial charge >= 0.3 is 0 Å². The Bertz CT molecular complexity index is 777. The van der Waals surface area contributed by atoms with E-state index >= 15 is 0 Å². The zero-order valence-corrected chi connectivity index (χ0v) is 16.1. The van der Waals surface area contributed by atoms with Crippen LogP contribution in [0.15, 0.2) is 42.5 Å². The Morgan fingerprint density at radius 1 is 0.846 bits per heavy atom. The van der Waals surface area contributed by atoms with Crippen LogP contribution in [0.25, 0.3) is 0 Å². The van der Waals surface area contributed by atoms with Crippen LogP contribution in [0.4, 0.5) is 17.1 Å². The Morgan fingerprint density at radius 3 is 2.04 bits per heavy atom. The molecule has 0 fully saturated rings. The van der Waals surface area contributed by atoms with Crippen LogP contribution in [0.2, 0.25) is 10.0 Å². The first-order valence-corrected chi connectivity index (χ1v) is 8.98. The summed E-state index contributed by atoms with van der Waals surface area (Å²) in [6, 6.07) is 12.1. The number of carbonyl (C=O) groups is 2. The normalized spacial score (nSPS) is 10.5. The second-order valence-electron chi connectivity index (χ2n) is 6.25. The first-order chi connectivity index (χ1) is 12.3. The van der Waals surface area contributed by atoms with Crippen molar-refractivity contribution >= 4 is 52.1 Å². The number of anilines is 3. The smallest absolute Gasteiger partial charge is 0.243 e. The molecule has 5 nitrogen and oxygen atoms in total. The van der Waals surface area contributed by atoms with E-state index in [-0.39, 0.29) is 18.4 Å². The summed E-state index contributed by atoms with van der Waals surface area (Å²) >= 11 is 11.8. The molecule has 2 aromatic rings. The van der Waals surface area contributed by atoms with Crippen LogP contribution in [-0.2, 0) is 9.59 Å². The zero-order valence-electron chi connectivity index (χ0n) is 14.6. The summed E-state index contributed by atoms with van der Waals surface area (Å²) in [5.41, 5.74) is 2.08. The third-order valence-electron chi connectivity index (χ3n) is 3.42. The van der Waals surface area contributed by atoms with Crippen molar-refractivity contribution < 1.29 is 9.59 Å². The third kappa shape index (κ3) is 6.58. The minimum Gasteiger partial charge on any atom is -0.376 e. The van der Waals surface area contributed by atoms with Gasteiger partial charge in [-0.25, -0.2) is 0 Å². The Hall–Kier alpha value is -2.24. The molecule has 0 bridgehead atoms. The molecular weight excluding hydrogens is 373 g/mol. The first kappa shape index (κ1) is 20.1. The van der Waals surface area contributed by atoms with Crippen LogP contribution >= 0.6 is 23.2 Å². The lowest BCUT2D eigenvalue weighted by Gasteiger charge is -2.10. The van der Waals surface area contributed by atoms with Crippen LogP contribution in [0.3, 0.4) is 0 Å². The van der Waals surface area contributed by atoms with Crippen LogP contribution in [0.1, 0.15) is 20.3 Å². The van der Waals surface area contributed by atoms with Crippen molar-refractivity contribution in [1.82, 2.24) is 0 Å². The summed E-state index contributed by atoms with van der Waals surface area (Å²) in [4.78, 5) is 23.7. The van der Waals surface area contributed by atoms with Crippen molar-refractivity contribution in [2.45, 2.75) is 20.3 Å². The number of benzene rings is 2. The van der Waals surface area contributed by atoms with Crippen LogP contribution in [0, 0.1) is 5.92 Å². The monoisotopic (exact) mass is 393 g/mol. The van der Waals surface area contributed by atoms with E-state index in [0.29, 0.717) is 28.1 Å². The van der Waals surface area contributed by atoms with E-state index in [0.717, 1.165) is 11.4 Å². The SMILES string of the molecule is CC(C)CC(=O)Nc1ccc(NCC(=O)Nc2ccc(Cl)c(Cl)c2)cc1. The molecule has 3 N–H and O–H groups in total. The van der Waals surface area contributed by atoms with E-state index < -0.39 is 0 Å². The topological polar surface area (TPSA) is 70.2 Å². The molecule has 0 aliphatic rings. The van der Waals surface area contributed by atoms with Gasteiger partial charge < -0.3 is 16.0 Å². The first-order valence-electron chi connectivity index (χ1n) is 8.22. The van der Waals surface area contributed by atoms with Gasteiger partial charge in [0.2, 0.25) is 11.8 Å². The fourth-order valence-electron chi connectivity index (χ4n) is 2.22. The second kappa shape index (κ2) is 9.46. The van der Waals surface area contributed by atoms with Gasteiger partial charge in [0.25, 0.3) is 0 Å². The second-order valence-corrected chi connectivity index (χ2v) is 7.07. The Kier molecular flexibility index (Phi) is 7.30. The Labute approximate surface area is 163 Å². The molecule has 0 heterocycles. The van der Waals surface area contributed by atoms with Gasteiger partial charge in [0, 0.05) is 23.5 Å². The molecule has 2 amide bonds. The van der Waals surface area contributed by atoms with E-state index in [4.69, 9.17) is 23.2 Å². The third-order valence-corrected chi connectivity index (χ3v) is 4.16. The largest absolute Gasteiger partial charge is 0.376 e. The predicted octanol–water partition coefficient (Wildman–Crippen LogP) is 5.03. The molecule has 0 aliphatic heterocycles. The minimum atomic E-state index is -0.210. The molecule has 26 heavy (non-hydrogen) atoms. The number of hydrogen-bond donors (Lipinski definition) is 3. The summed E-state index contributed by atoms with van der Waals surface area (Å²) < 4.78 is 0. The molecule has 138 valence electrons. The summed E-state index contributed by atoms with van der Waals surface area (Å²) in [7, 11) is 0. The van der Waals surface area contributed by atoms with Crippen LogP contribution in [0.5, 0.6) is 0 Å². The average Bonchev–Trinajstić information content (AvgIpc) is 2.57. The van der Waals surface area contributed by atoms with E-state index in [9.17, 15) is 9.59 Å². The molecule has 0 spiro atoms. The lowest BCUT2D eigenvalue weighted by molar-refractivity contribution is -0.117. The summed E-state index contributed by atoms with van der Waals surface area (Å²) in [6.07, 6.45) is 0.481. The molecule has 7 heteroatoms. The van der Waals surface area contributed by atoms with Crippen molar-refractivity contribution in [2.24, 2.45) is 5.92 Å². The van der Waals surface area contributed by atoms with Gasteiger partial charge in [0.15, 0.2) is 0 Å².